The van der Waals surface area contributed by atoms with Gasteiger partial charge in [-0.3, -0.25) is 4.79 Å². The fourth-order valence-electron chi connectivity index (χ4n) is 4.20. The Morgan fingerprint density at radius 2 is 1.96 bits per heavy atom. The molecule has 3 aromatic rings. The maximum absolute atomic E-state index is 12.7. The first kappa shape index (κ1) is 17.3. The summed E-state index contributed by atoms with van der Waals surface area (Å²) < 4.78 is 5.38. The summed E-state index contributed by atoms with van der Waals surface area (Å²) in [6.07, 6.45) is 6.46. The van der Waals surface area contributed by atoms with Crippen LogP contribution in [0.5, 0.6) is 0 Å². The first-order valence-electron chi connectivity index (χ1n) is 10.0. The third kappa shape index (κ3) is 3.24. The van der Waals surface area contributed by atoms with Crippen molar-refractivity contribution in [2.45, 2.75) is 25.7 Å². The van der Waals surface area contributed by atoms with Gasteiger partial charge in [0.05, 0.1) is 25.1 Å². The minimum Gasteiger partial charge on any atom is -0.378 e. The number of anilines is 2. The van der Waals surface area contributed by atoms with Gasteiger partial charge in [0.1, 0.15) is 5.82 Å². The molecule has 2 aromatic heterocycles. The van der Waals surface area contributed by atoms with E-state index < -0.39 is 0 Å². The molecule has 6 heteroatoms. The molecule has 0 radical (unpaired) electrons. The van der Waals surface area contributed by atoms with Gasteiger partial charge in [0.15, 0.2) is 0 Å². The van der Waals surface area contributed by atoms with Gasteiger partial charge in [-0.1, -0.05) is 0 Å². The van der Waals surface area contributed by atoms with E-state index in [2.05, 4.69) is 20.2 Å². The van der Waals surface area contributed by atoms with E-state index in [1.807, 2.05) is 36.5 Å². The number of morpholine rings is 1. The highest BCUT2D eigenvalue weighted by Crippen LogP contribution is 2.30. The molecule has 3 heterocycles. The lowest BCUT2D eigenvalue weighted by atomic mass is 9.95. The Morgan fingerprint density at radius 3 is 2.79 bits per heavy atom. The van der Waals surface area contributed by atoms with Gasteiger partial charge in [-0.15, -0.1) is 0 Å². The van der Waals surface area contributed by atoms with E-state index in [1.165, 1.54) is 29.5 Å². The smallest absolute Gasteiger partial charge is 0.256 e. The number of hydrogen-bond acceptors (Lipinski definition) is 4. The maximum Gasteiger partial charge on any atom is 0.256 e. The molecule has 0 atom stereocenters. The van der Waals surface area contributed by atoms with Crippen LogP contribution >= 0.6 is 0 Å². The zero-order chi connectivity index (χ0) is 18.9. The molecule has 0 bridgehead atoms. The summed E-state index contributed by atoms with van der Waals surface area (Å²) in [5.41, 5.74) is 5.56. The summed E-state index contributed by atoms with van der Waals surface area (Å²) in [6, 6.07) is 9.76. The Hall–Kier alpha value is -2.86. The lowest BCUT2D eigenvalue weighted by molar-refractivity contribution is 0.102. The van der Waals surface area contributed by atoms with Crippen LogP contribution in [0.25, 0.3) is 10.9 Å². The van der Waals surface area contributed by atoms with E-state index in [9.17, 15) is 4.79 Å². The van der Waals surface area contributed by atoms with E-state index in [1.54, 1.807) is 0 Å². The largest absolute Gasteiger partial charge is 0.378 e. The minimum absolute atomic E-state index is 0.126. The van der Waals surface area contributed by atoms with E-state index >= 15 is 0 Å². The summed E-state index contributed by atoms with van der Waals surface area (Å²) in [7, 11) is 0. The normalized spacial score (nSPS) is 16.8. The number of amides is 1. The monoisotopic (exact) mass is 376 g/mol. The van der Waals surface area contributed by atoms with Crippen LogP contribution in [0.4, 0.5) is 11.5 Å². The van der Waals surface area contributed by atoms with Crippen molar-refractivity contribution >= 4 is 28.3 Å². The molecular weight excluding hydrogens is 352 g/mol. The Kier molecular flexibility index (Phi) is 4.49. The fraction of sp³-hybridized carbons (Fsp3) is 0.364. The number of rotatable bonds is 3. The number of aromatic nitrogens is 2. The average Bonchev–Trinajstić information content (AvgIpc) is 3.13. The number of nitrogens with zero attached hydrogens (tertiary/aromatic N) is 2. The lowest BCUT2D eigenvalue weighted by Gasteiger charge is -2.28. The molecule has 1 saturated heterocycles. The van der Waals surface area contributed by atoms with Gasteiger partial charge in [0, 0.05) is 35.2 Å². The number of aryl methyl sites for hydroxylation is 2. The molecule has 28 heavy (non-hydrogen) atoms. The fourth-order valence-corrected chi connectivity index (χ4v) is 4.20. The molecule has 1 amide bonds. The zero-order valence-corrected chi connectivity index (χ0v) is 15.8. The number of carbonyl (C=O) groups excluding carboxylic acids is 1. The summed E-state index contributed by atoms with van der Waals surface area (Å²) in [4.78, 5) is 22.9. The topological polar surface area (TPSA) is 70.2 Å². The molecule has 6 nitrogen and oxygen atoms in total. The first-order chi connectivity index (χ1) is 13.8. The van der Waals surface area contributed by atoms with Gasteiger partial charge in [-0.2, -0.15) is 0 Å². The predicted molar refractivity (Wildman–Crippen MR) is 110 cm³/mol. The van der Waals surface area contributed by atoms with Crippen LogP contribution < -0.4 is 10.2 Å². The van der Waals surface area contributed by atoms with Crippen LogP contribution in [-0.4, -0.2) is 42.2 Å². The van der Waals surface area contributed by atoms with Crippen LogP contribution in [-0.2, 0) is 17.6 Å². The molecule has 144 valence electrons. The summed E-state index contributed by atoms with van der Waals surface area (Å²) in [6.45, 7) is 3.22. The number of ether oxygens (including phenoxy) is 1. The Balaban J connectivity index is 1.33. The van der Waals surface area contributed by atoms with Crippen LogP contribution in [0.3, 0.4) is 0 Å². The highest BCUT2D eigenvalue weighted by atomic mass is 16.5. The van der Waals surface area contributed by atoms with Gasteiger partial charge in [0.2, 0.25) is 0 Å². The third-order valence-corrected chi connectivity index (χ3v) is 5.73. The molecule has 2 aliphatic rings. The molecule has 1 aromatic carbocycles. The van der Waals surface area contributed by atoms with Crippen molar-refractivity contribution in [3.63, 3.8) is 0 Å². The highest BCUT2D eigenvalue weighted by Gasteiger charge is 2.17. The number of fused-ring (bicyclic) bond motifs is 3. The Bertz CT molecular complexity index is 1000. The van der Waals surface area contributed by atoms with E-state index in [-0.39, 0.29) is 5.91 Å². The minimum atomic E-state index is -0.126. The molecule has 1 fully saturated rings. The molecule has 0 unspecified atom stereocenters. The Morgan fingerprint density at radius 1 is 1.11 bits per heavy atom. The van der Waals surface area contributed by atoms with Crippen LogP contribution in [0.2, 0.25) is 0 Å². The average molecular weight is 376 g/mol. The summed E-state index contributed by atoms with van der Waals surface area (Å²) in [5, 5.41) is 4.10. The van der Waals surface area contributed by atoms with Crippen molar-refractivity contribution in [2.24, 2.45) is 0 Å². The molecule has 5 rings (SSSR count). The van der Waals surface area contributed by atoms with Gasteiger partial charge < -0.3 is 19.9 Å². The zero-order valence-electron chi connectivity index (χ0n) is 15.8. The van der Waals surface area contributed by atoms with E-state index in [0.29, 0.717) is 11.4 Å². The number of H-pyrrole nitrogens is 1. The number of pyridine rings is 1. The van der Waals surface area contributed by atoms with Crippen molar-refractivity contribution in [3.05, 3.63) is 53.3 Å². The summed E-state index contributed by atoms with van der Waals surface area (Å²) in [5.74, 6) is 0.442. The van der Waals surface area contributed by atoms with Gasteiger partial charge in [0.25, 0.3) is 5.91 Å². The van der Waals surface area contributed by atoms with Crippen LogP contribution in [0, 0.1) is 0 Å². The lowest BCUT2D eigenvalue weighted by Crippen LogP contribution is -2.36. The van der Waals surface area contributed by atoms with Crippen LogP contribution in [0.1, 0.15) is 34.5 Å². The van der Waals surface area contributed by atoms with Gasteiger partial charge >= 0.3 is 0 Å². The number of benzene rings is 1. The number of hydrogen-bond donors (Lipinski definition) is 2. The second-order valence-corrected chi connectivity index (χ2v) is 7.50. The molecule has 1 aliphatic heterocycles. The maximum atomic E-state index is 12.7. The van der Waals surface area contributed by atoms with Crippen molar-refractivity contribution in [1.82, 2.24) is 9.97 Å². The first-order valence-corrected chi connectivity index (χ1v) is 10.0. The van der Waals surface area contributed by atoms with Gasteiger partial charge in [-0.05, 0) is 61.6 Å². The third-order valence-electron chi connectivity index (χ3n) is 5.73. The number of nitrogens with one attached hydrogen (secondary N) is 2. The van der Waals surface area contributed by atoms with E-state index in [0.717, 1.165) is 50.3 Å². The van der Waals surface area contributed by atoms with Crippen molar-refractivity contribution < 1.29 is 9.53 Å². The predicted octanol–water partition coefficient (Wildman–Crippen LogP) is 3.53. The summed E-state index contributed by atoms with van der Waals surface area (Å²) >= 11 is 0. The van der Waals surface area contributed by atoms with Crippen molar-refractivity contribution in [3.8, 4) is 0 Å². The number of carbonyl (C=O) groups is 1. The van der Waals surface area contributed by atoms with Gasteiger partial charge in [-0.25, -0.2) is 4.98 Å². The second kappa shape index (κ2) is 7.28. The van der Waals surface area contributed by atoms with E-state index in [4.69, 9.17) is 4.74 Å². The Labute approximate surface area is 163 Å². The quantitative estimate of drug-likeness (QED) is 0.734. The second-order valence-electron chi connectivity index (χ2n) is 7.50. The number of aromatic amines is 1. The van der Waals surface area contributed by atoms with Crippen molar-refractivity contribution in [1.29, 1.82) is 0 Å². The highest BCUT2D eigenvalue weighted by molar-refractivity contribution is 6.06. The molecular formula is C22H24N4O2. The SMILES string of the molecule is O=C(Nc1ccc(N2CCOCC2)cn1)c1ccc2[nH]c3c(c2c1)CCCC3. The molecule has 2 N–H and O–H groups in total. The van der Waals surface area contributed by atoms with Crippen LogP contribution in [0.15, 0.2) is 36.5 Å². The standard InChI is InChI=1S/C22H24N4O2/c27-22(25-21-8-6-16(14-23-21)26-9-11-28-12-10-26)15-5-7-20-18(13-15)17-3-1-2-4-19(17)24-20/h5-8,13-14,24H,1-4,9-12H2,(H,23,25,27). The molecule has 0 saturated carbocycles. The van der Waals surface area contributed by atoms with Crippen molar-refractivity contribution in [2.75, 3.05) is 36.5 Å². The molecule has 1 aliphatic carbocycles. The molecule has 0 spiro atoms.